The van der Waals surface area contributed by atoms with Gasteiger partial charge in [0, 0.05) is 17.0 Å². The van der Waals surface area contributed by atoms with E-state index in [1.54, 1.807) is 6.92 Å². The molecule has 144 valence electrons. The minimum atomic E-state index is -4.30. The summed E-state index contributed by atoms with van der Waals surface area (Å²) in [6.45, 7) is 4.28. The van der Waals surface area contributed by atoms with Gasteiger partial charge in [-0.2, -0.15) is 13.2 Å². The molecule has 0 spiro atoms. The van der Waals surface area contributed by atoms with E-state index in [1.807, 2.05) is 11.8 Å². The molecule has 26 heavy (non-hydrogen) atoms. The number of halogens is 3. The molecule has 1 heterocycles. The van der Waals surface area contributed by atoms with Crippen LogP contribution in [0.3, 0.4) is 0 Å². The van der Waals surface area contributed by atoms with Gasteiger partial charge in [0.1, 0.15) is 10.7 Å². The molecule has 0 aliphatic heterocycles. The quantitative estimate of drug-likeness (QED) is 0.731. The summed E-state index contributed by atoms with van der Waals surface area (Å²) in [6.07, 6.45) is 1.67. The first-order valence-electron chi connectivity index (χ1n) is 9.54. The molecule has 1 aromatic heterocycles. The molecule has 4 saturated carbocycles. The van der Waals surface area contributed by atoms with Crippen molar-refractivity contribution in [3.8, 4) is 0 Å². The number of carbonyl (C=O) groups excluding carboxylic acids is 1. The van der Waals surface area contributed by atoms with E-state index < -0.39 is 12.6 Å². The first-order valence-corrected chi connectivity index (χ1v) is 10.4. The Labute approximate surface area is 156 Å². The number of amides is 1. The van der Waals surface area contributed by atoms with Crippen LogP contribution in [0.25, 0.3) is 0 Å². The lowest BCUT2D eigenvalue weighted by Crippen LogP contribution is -2.61. The molecule has 0 aromatic carbocycles. The fourth-order valence-corrected chi connectivity index (χ4v) is 7.07. The Morgan fingerprint density at radius 3 is 2.19 bits per heavy atom. The summed E-state index contributed by atoms with van der Waals surface area (Å²) < 4.78 is 38.1. The van der Waals surface area contributed by atoms with Crippen molar-refractivity contribution >= 4 is 17.2 Å². The molecule has 7 heteroatoms. The maximum absolute atomic E-state index is 13.3. The zero-order chi connectivity index (χ0) is 18.7. The summed E-state index contributed by atoms with van der Waals surface area (Å²) >= 11 is 0.996. The van der Waals surface area contributed by atoms with Gasteiger partial charge in [0.15, 0.2) is 0 Å². The van der Waals surface area contributed by atoms with Crippen molar-refractivity contribution in [2.45, 2.75) is 70.5 Å². The van der Waals surface area contributed by atoms with Crippen molar-refractivity contribution in [2.75, 3.05) is 6.54 Å². The molecular weight excluding hydrogens is 361 g/mol. The van der Waals surface area contributed by atoms with Crippen molar-refractivity contribution in [2.24, 2.45) is 17.8 Å². The van der Waals surface area contributed by atoms with Crippen molar-refractivity contribution < 1.29 is 18.0 Å². The number of hydrogen-bond donors (Lipinski definition) is 0. The van der Waals surface area contributed by atoms with Crippen LogP contribution in [0, 0.1) is 24.7 Å². The Bertz CT molecular complexity index is 677. The van der Waals surface area contributed by atoms with Gasteiger partial charge in [-0.05, 0) is 70.1 Å². The summed E-state index contributed by atoms with van der Waals surface area (Å²) in [5, 5.41) is -0.0140. The van der Waals surface area contributed by atoms with E-state index in [0.717, 1.165) is 30.6 Å². The Kier molecular flexibility index (Phi) is 4.36. The summed E-state index contributed by atoms with van der Waals surface area (Å²) in [5.74, 6) is 1.96. The molecule has 1 aromatic rings. The van der Waals surface area contributed by atoms with Crippen LogP contribution in [-0.4, -0.2) is 34.1 Å². The van der Waals surface area contributed by atoms with Crippen molar-refractivity contribution in [1.82, 2.24) is 9.88 Å². The van der Waals surface area contributed by atoms with Gasteiger partial charge in [-0.3, -0.25) is 4.79 Å². The van der Waals surface area contributed by atoms with E-state index in [9.17, 15) is 18.0 Å². The fraction of sp³-hybridized carbons (Fsp3) is 0.789. The second kappa shape index (κ2) is 6.21. The number of hydrogen-bond acceptors (Lipinski definition) is 3. The monoisotopic (exact) mass is 386 g/mol. The lowest BCUT2D eigenvalue weighted by atomic mass is 9.52. The zero-order valence-corrected chi connectivity index (χ0v) is 16.1. The van der Waals surface area contributed by atoms with Gasteiger partial charge in [0.25, 0.3) is 5.91 Å². The average Bonchev–Trinajstić information content (AvgIpc) is 2.84. The van der Waals surface area contributed by atoms with Crippen molar-refractivity contribution in [3.05, 3.63) is 15.6 Å². The molecule has 4 aliphatic rings. The molecule has 0 atom stereocenters. The zero-order valence-electron chi connectivity index (χ0n) is 15.2. The van der Waals surface area contributed by atoms with Crippen LogP contribution >= 0.6 is 11.3 Å². The van der Waals surface area contributed by atoms with Gasteiger partial charge in [0.05, 0.1) is 6.42 Å². The van der Waals surface area contributed by atoms with E-state index in [4.69, 9.17) is 0 Å². The highest BCUT2D eigenvalue weighted by molar-refractivity contribution is 7.11. The average molecular weight is 386 g/mol. The van der Waals surface area contributed by atoms with E-state index in [-0.39, 0.29) is 22.1 Å². The minimum Gasteiger partial charge on any atom is -0.332 e. The first-order chi connectivity index (χ1) is 12.2. The largest absolute Gasteiger partial charge is 0.395 e. The van der Waals surface area contributed by atoms with Crippen molar-refractivity contribution in [1.29, 1.82) is 0 Å². The summed E-state index contributed by atoms with van der Waals surface area (Å²) in [7, 11) is 0. The van der Waals surface area contributed by atoms with Gasteiger partial charge in [0.2, 0.25) is 0 Å². The topological polar surface area (TPSA) is 33.2 Å². The lowest BCUT2D eigenvalue weighted by molar-refractivity contribution is -0.127. The van der Waals surface area contributed by atoms with E-state index in [2.05, 4.69) is 4.98 Å². The lowest BCUT2D eigenvalue weighted by Gasteiger charge is -2.60. The Balaban J connectivity index is 1.60. The SMILES string of the molecule is CCN(C(=O)c1nc(CC(F)(F)F)sc1C)C12CC3CC(CC(C3)C1)C2. The Morgan fingerprint density at radius 2 is 1.73 bits per heavy atom. The molecule has 4 bridgehead atoms. The van der Waals surface area contributed by atoms with Gasteiger partial charge >= 0.3 is 6.18 Å². The molecule has 0 radical (unpaired) electrons. The smallest absolute Gasteiger partial charge is 0.332 e. The molecule has 3 nitrogen and oxygen atoms in total. The number of thiazole rings is 1. The standard InChI is InChI=1S/C19H25F3N2OS/c1-3-24(18-7-12-4-13(8-18)6-14(5-12)9-18)17(25)16-11(2)26-15(23-16)10-19(20,21)22/h12-14H,3-10H2,1-2H3. The van der Waals surface area contributed by atoms with Gasteiger partial charge in [-0.25, -0.2) is 4.98 Å². The van der Waals surface area contributed by atoms with Crippen LogP contribution in [0.4, 0.5) is 13.2 Å². The minimum absolute atomic E-state index is 0.0140. The van der Waals surface area contributed by atoms with Crippen LogP contribution in [0.5, 0.6) is 0 Å². The third-order valence-electron chi connectivity index (χ3n) is 6.54. The third kappa shape index (κ3) is 3.16. The number of rotatable bonds is 4. The number of aromatic nitrogens is 1. The molecule has 4 aliphatic carbocycles. The van der Waals surface area contributed by atoms with Gasteiger partial charge < -0.3 is 4.90 Å². The number of alkyl halides is 3. The molecule has 0 saturated heterocycles. The van der Waals surface area contributed by atoms with Gasteiger partial charge in [-0.1, -0.05) is 0 Å². The number of carbonyl (C=O) groups is 1. The second-order valence-electron chi connectivity index (χ2n) is 8.50. The molecule has 1 amide bonds. The predicted octanol–water partition coefficient (Wildman–Crippen LogP) is 4.99. The first kappa shape index (κ1) is 18.3. The molecule has 4 fully saturated rings. The molecule has 0 unspecified atom stereocenters. The molecular formula is C19H25F3N2OS. The summed E-state index contributed by atoms with van der Waals surface area (Å²) in [6, 6.07) is 0. The van der Waals surface area contributed by atoms with Crippen LogP contribution in [0.2, 0.25) is 0 Å². The molecule has 5 rings (SSSR count). The second-order valence-corrected chi connectivity index (χ2v) is 9.78. The highest BCUT2D eigenvalue weighted by Crippen LogP contribution is 2.58. The van der Waals surface area contributed by atoms with E-state index >= 15 is 0 Å². The van der Waals surface area contributed by atoms with Crippen molar-refractivity contribution in [3.63, 3.8) is 0 Å². The van der Waals surface area contributed by atoms with Crippen LogP contribution in [0.15, 0.2) is 0 Å². The van der Waals surface area contributed by atoms with Crippen LogP contribution in [0.1, 0.15) is 65.8 Å². The maximum Gasteiger partial charge on any atom is 0.395 e. The van der Waals surface area contributed by atoms with Crippen LogP contribution < -0.4 is 0 Å². The van der Waals surface area contributed by atoms with E-state index in [1.165, 1.54) is 19.3 Å². The maximum atomic E-state index is 13.3. The Hall–Kier alpha value is -1.11. The third-order valence-corrected chi connectivity index (χ3v) is 7.51. The van der Waals surface area contributed by atoms with E-state index in [0.29, 0.717) is 29.2 Å². The highest BCUT2D eigenvalue weighted by atomic mass is 32.1. The number of aryl methyl sites for hydroxylation is 1. The predicted molar refractivity (Wildman–Crippen MR) is 94.2 cm³/mol. The fourth-order valence-electron chi connectivity index (χ4n) is 6.11. The number of nitrogens with zero attached hydrogens (tertiary/aromatic N) is 2. The summed E-state index contributed by atoms with van der Waals surface area (Å²) in [4.78, 5) is 19.9. The Morgan fingerprint density at radius 1 is 1.19 bits per heavy atom. The highest BCUT2D eigenvalue weighted by Gasteiger charge is 2.54. The summed E-state index contributed by atoms with van der Waals surface area (Å²) in [5.41, 5.74) is 0.132. The normalized spacial score (nSPS) is 32.9. The van der Waals surface area contributed by atoms with Gasteiger partial charge in [-0.15, -0.1) is 11.3 Å². The molecule has 0 N–H and O–H groups in total. The van der Waals surface area contributed by atoms with Crippen LogP contribution in [-0.2, 0) is 6.42 Å².